The number of aromatic nitrogens is 1. The van der Waals surface area contributed by atoms with Crippen LogP contribution in [0.2, 0.25) is 0 Å². The van der Waals surface area contributed by atoms with E-state index in [1.807, 2.05) is 0 Å². The first-order valence-corrected chi connectivity index (χ1v) is 4.03. The van der Waals surface area contributed by atoms with Crippen LogP contribution < -0.4 is 5.73 Å². The lowest BCUT2D eigenvalue weighted by Gasteiger charge is -2.09. The van der Waals surface area contributed by atoms with Crippen molar-refractivity contribution < 1.29 is 10.0 Å². The van der Waals surface area contributed by atoms with Crippen LogP contribution in [0, 0.1) is 17.0 Å². The van der Waals surface area contributed by atoms with Gasteiger partial charge in [-0.15, -0.1) is 0 Å². The van der Waals surface area contributed by atoms with Crippen LogP contribution in [0.5, 0.6) is 0 Å². The number of hydrogen-bond acceptors (Lipinski definition) is 5. The molecule has 76 valence electrons. The molecule has 0 saturated carbocycles. The number of nitrogens with two attached hydrogens (primary N) is 1. The molecule has 1 heterocycles. The van der Waals surface area contributed by atoms with Crippen molar-refractivity contribution in [1.82, 2.24) is 4.98 Å². The third-order valence-corrected chi connectivity index (χ3v) is 1.86. The van der Waals surface area contributed by atoms with Crippen LogP contribution in [0.1, 0.15) is 17.3 Å². The van der Waals surface area contributed by atoms with E-state index in [0.29, 0.717) is 11.3 Å². The van der Waals surface area contributed by atoms with Crippen molar-refractivity contribution >= 4 is 5.69 Å². The Kier molecular flexibility index (Phi) is 3.10. The third-order valence-electron chi connectivity index (χ3n) is 1.86. The van der Waals surface area contributed by atoms with E-state index in [2.05, 4.69) is 4.98 Å². The molecule has 1 aromatic heterocycles. The summed E-state index contributed by atoms with van der Waals surface area (Å²) in [6, 6.07) is 0.800. The molecular formula is C8H11N3O3. The molecule has 1 atom stereocenters. The van der Waals surface area contributed by atoms with E-state index in [1.165, 1.54) is 6.07 Å². The predicted molar refractivity (Wildman–Crippen MR) is 49.6 cm³/mol. The first-order valence-electron chi connectivity index (χ1n) is 4.03. The highest BCUT2D eigenvalue weighted by Gasteiger charge is 2.13. The summed E-state index contributed by atoms with van der Waals surface area (Å²) in [6.45, 7) is 1.44. The Hall–Kier alpha value is -1.53. The van der Waals surface area contributed by atoms with E-state index in [9.17, 15) is 10.1 Å². The molecule has 0 fully saturated rings. The maximum absolute atomic E-state index is 10.4. The third kappa shape index (κ3) is 2.04. The molecule has 6 heteroatoms. The van der Waals surface area contributed by atoms with Gasteiger partial charge in [0.2, 0.25) is 0 Å². The molecule has 0 saturated heterocycles. The van der Waals surface area contributed by atoms with Gasteiger partial charge in [0.1, 0.15) is 6.20 Å². The normalized spacial score (nSPS) is 12.5. The second kappa shape index (κ2) is 4.12. The second-order valence-electron chi connectivity index (χ2n) is 2.94. The van der Waals surface area contributed by atoms with Crippen molar-refractivity contribution in [2.24, 2.45) is 5.73 Å². The van der Waals surface area contributed by atoms with Gasteiger partial charge in [0.05, 0.1) is 23.3 Å². The van der Waals surface area contributed by atoms with Crippen LogP contribution in [0.25, 0.3) is 0 Å². The quantitative estimate of drug-likeness (QED) is 0.535. The SMILES string of the molecule is Cc1cc([N+](=O)[O-])cnc1[C@@H](N)CO. The summed E-state index contributed by atoms with van der Waals surface area (Å²) in [5, 5.41) is 19.2. The Morgan fingerprint density at radius 1 is 1.79 bits per heavy atom. The van der Waals surface area contributed by atoms with E-state index in [4.69, 9.17) is 10.8 Å². The molecule has 0 aliphatic rings. The maximum atomic E-state index is 10.4. The van der Waals surface area contributed by atoms with Gasteiger partial charge in [0.25, 0.3) is 5.69 Å². The van der Waals surface area contributed by atoms with Crippen molar-refractivity contribution in [2.45, 2.75) is 13.0 Å². The molecule has 1 rings (SSSR count). The molecule has 6 nitrogen and oxygen atoms in total. The van der Waals surface area contributed by atoms with Crippen LogP contribution in [0.4, 0.5) is 5.69 Å². The minimum atomic E-state index is -0.587. The number of rotatable bonds is 3. The number of aryl methyl sites for hydroxylation is 1. The van der Waals surface area contributed by atoms with E-state index in [-0.39, 0.29) is 12.3 Å². The zero-order chi connectivity index (χ0) is 10.7. The van der Waals surface area contributed by atoms with Crippen molar-refractivity contribution in [3.63, 3.8) is 0 Å². The average Bonchev–Trinajstić information content (AvgIpc) is 2.16. The van der Waals surface area contributed by atoms with Crippen molar-refractivity contribution in [2.75, 3.05) is 6.61 Å². The molecule has 3 N–H and O–H groups in total. The number of aliphatic hydroxyl groups is 1. The van der Waals surface area contributed by atoms with E-state index < -0.39 is 11.0 Å². The molecule has 14 heavy (non-hydrogen) atoms. The lowest BCUT2D eigenvalue weighted by atomic mass is 10.1. The van der Waals surface area contributed by atoms with E-state index in [1.54, 1.807) is 6.92 Å². The summed E-state index contributed by atoms with van der Waals surface area (Å²) >= 11 is 0. The Balaban J connectivity index is 3.07. The monoisotopic (exact) mass is 197 g/mol. The Morgan fingerprint density at radius 2 is 2.43 bits per heavy atom. The average molecular weight is 197 g/mol. The molecular weight excluding hydrogens is 186 g/mol. The largest absolute Gasteiger partial charge is 0.394 e. The molecule has 0 spiro atoms. The van der Waals surface area contributed by atoms with Crippen LogP contribution in [-0.4, -0.2) is 21.6 Å². The number of hydrogen-bond donors (Lipinski definition) is 2. The number of pyridine rings is 1. The molecule has 0 radical (unpaired) electrons. The fourth-order valence-corrected chi connectivity index (χ4v) is 1.15. The summed E-state index contributed by atoms with van der Waals surface area (Å²) in [4.78, 5) is 13.7. The maximum Gasteiger partial charge on any atom is 0.287 e. The second-order valence-corrected chi connectivity index (χ2v) is 2.94. The smallest absolute Gasteiger partial charge is 0.287 e. The Bertz CT molecular complexity index is 354. The fourth-order valence-electron chi connectivity index (χ4n) is 1.15. The Morgan fingerprint density at radius 3 is 2.86 bits per heavy atom. The first kappa shape index (κ1) is 10.6. The van der Waals surface area contributed by atoms with Gasteiger partial charge in [-0.05, 0) is 12.5 Å². The lowest BCUT2D eigenvalue weighted by Crippen LogP contribution is -2.17. The standard InChI is InChI=1S/C8H11N3O3/c1-5-2-6(11(13)14)3-10-8(5)7(9)4-12/h2-3,7,12H,4,9H2,1H3/t7-/m0/s1. The van der Waals surface area contributed by atoms with Gasteiger partial charge in [-0.1, -0.05) is 0 Å². The predicted octanol–water partition coefficient (Wildman–Crippen LogP) is 0.290. The number of aliphatic hydroxyl groups excluding tert-OH is 1. The van der Waals surface area contributed by atoms with Crippen molar-refractivity contribution in [1.29, 1.82) is 0 Å². The highest BCUT2D eigenvalue weighted by atomic mass is 16.6. The fraction of sp³-hybridized carbons (Fsp3) is 0.375. The zero-order valence-corrected chi connectivity index (χ0v) is 7.67. The summed E-state index contributed by atoms with van der Waals surface area (Å²) in [5.41, 5.74) is 6.56. The summed E-state index contributed by atoms with van der Waals surface area (Å²) in [6.07, 6.45) is 1.14. The minimum absolute atomic E-state index is 0.0728. The summed E-state index contributed by atoms with van der Waals surface area (Å²) in [5.74, 6) is 0. The molecule has 0 bridgehead atoms. The van der Waals surface area contributed by atoms with Gasteiger partial charge >= 0.3 is 0 Å². The topological polar surface area (TPSA) is 102 Å². The number of nitrogens with zero attached hydrogens (tertiary/aromatic N) is 2. The van der Waals surface area contributed by atoms with Gasteiger partial charge in [-0.3, -0.25) is 15.1 Å². The van der Waals surface area contributed by atoms with Crippen LogP contribution in [-0.2, 0) is 0 Å². The Labute approximate surface area is 80.5 Å². The van der Waals surface area contributed by atoms with Crippen molar-refractivity contribution in [3.8, 4) is 0 Å². The van der Waals surface area contributed by atoms with Gasteiger partial charge in [0, 0.05) is 6.07 Å². The van der Waals surface area contributed by atoms with Crippen molar-refractivity contribution in [3.05, 3.63) is 33.6 Å². The van der Waals surface area contributed by atoms with Gasteiger partial charge in [-0.2, -0.15) is 0 Å². The highest BCUT2D eigenvalue weighted by molar-refractivity contribution is 5.34. The first-order chi connectivity index (χ1) is 6.56. The molecule has 0 aliphatic heterocycles. The van der Waals surface area contributed by atoms with Gasteiger partial charge in [-0.25, -0.2) is 0 Å². The van der Waals surface area contributed by atoms with Gasteiger partial charge < -0.3 is 10.8 Å². The van der Waals surface area contributed by atoms with Gasteiger partial charge in [0.15, 0.2) is 0 Å². The van der Waals surface area contributed by atoms with Crippen LogP contribution in [0.3, 0.4) is 0 Å². The molecule has 0 aromatic carbocycles. The number of nitro groups is 1. The highest BCUT2D eigenvalue weighted by Crippen LogP contribution is 2.17. The molecule has 0 amide bonds. The molecule has 0 unspecified atom stereocenters. The molecule has 1 aromatic rings. The summed E-state index contributed by atoms with van der Waals surface area (Å²) in [7, 11) is 0. The van der Waals surface area contributed by atoms with Crippen LogP contribution >= 0.6 is 0 Å². The lowest BCUT2D eigenvalue weighted by molar-refractivity contribution is -0.385. The summed E-state index contributed by atoms with van der Waals surface area (Å²) < 4.78 is 0. The van der Waals surface area contributed by atoms with Crippen LogP contribution in [0.15, 0.2) is 12.3 Å². The minimum Gasteiger partial charge on any atom is -0.394 e. The zero-order valence-electron chi connectivity index (χ0n) is 7.67. The molecule has 0 aliphatic carbocycles. The van der Waals surface area contributed by atoms with E-state index in [0.717, 1.165) is 6.20 Å². The van der Waals surface area contributed by atoms with E-state index >= 15 is 0 Å².